The molecule has 5 heteroatoms. The zero-order chi connectivity index (χ0) is 14.3. The molecule has 0 aliphatic carbocycles. The number of nitrogens with one attached hydrogen (secondary N) is 1. The van der Waals surface area contributed by atoms with E-state index in [9.17, 15) is 4.79 Å². The molecule has 1 rings (SSSR count). The summed E-state index contributed by atoms with van der Waals surface area (Å²) in [7, 11) is 0. The minimum atomic E-state index is -0.462. The van der Waals surface area contributed by atoms with Gasteiger partial charge >= 0.3 is 6.09 Å². The predicted octanol–water partition coefficient (Wildman–Crippen LogP) is 2.39. The number of carbonyl (C=O) groups is 1. The molecule has 0 bridgehead atoms. The Balaban J connectivity index is 2.19. The Bertz CT molecular complexity index is 387. The Morgan fingerprint density at radius 2 is 2.26 bits per heavy atom. The second-order valence-corrected chi connectivity index (χ2v) is 5.46. The fourth-order valence-electron chi connectivity index (χ4n) is 1.59. The Morgan fingerprint density at radius 1 is 1.53 bits per heavy atom. The van der Waals surface area contributed by atoms with Crippen molar-refractivity contribution in [3.8, 4) is 0 Å². The smallest absolute Gasteiger partial charge is 0.407 e. The maximum absolute atomic E-state index is 11.4. The molecule has 1 unspecified atom stereocenters. The maximum Gasteiger partial charge on any atom is 0.407 e. The number of rotatable bonds is 5. The quantitative estimate of drug-likeness (QED) is 0.801. The SMILES string of the molecule is CC(C)(C)OC(=O)NCCCC(N)c1cccnc1. The zero-order valence-corrected chi connectivity index (χ0v) is 11.8. The van der Waals surface area contributed by atoms with Crippen LogP contribution in [-0.4, -0.2) is 23.2 Å². The van der Waals surface area contributed by atoms with Crippen molar-refractivity contribution < 1.29 is 9.53 Å². The van der Waals surface area contributed by atoms with Crippen LogP contribution in [0.4, 0.5) is 4.79 Å². The number of nitrogens with two attached hydrogens (primary N) is 1. The number of ether oxygens (including phenoxy) is 1. The lowest BCUT2D eigenvalue weighted by atomic mass is 10.1. The van der Waals surface area contributed by atoms with Crippen LogP contribution < -0.4 is 11.1 Å². The molecule has 0 saturated heterocycles. The Morgan fingerprint density at radius 3 is 2.84 bits per heavy atom. The minimum absolute atomic E-state index is 0.0471. The first-order chi connectivity index (χ1) is 8.88. The fraction of sp³-hybridized carbons (Fsp3) is 0.571. The highest BCUT2D eigenvalue weighted by atomic mass is 16.6. The number of aromatic nitrogens is 1. The second kappa shape index (κ2) is 7.09. The molecule has 19 heavy (non-hydrogen) atoms. The Kier molecular flexibility index (Phi) is 5.76. The van der Waals surface area contributed by atoms with Crippen LogP contribution in [-0.2, 0) is 4.74 Å². The van der Waals surface area contributed by atoms with Crippen LogP contribution >= 0.6 is 0 Å². The molecule has 1 aromatic heterocycles. The van der Waals surface area contributed by atoms with E-state index in [4.69, 9.17) is 10.5 Å². The number of hydrogen-bond donors (Lipinski definition) is 2. The summed E-state index contributed by atoms with van der Waals surface area (Å²) in [6.07, 6.45) is 4.70. The molecule has 0 radical (unpaired) electrons. The van der Waals surface area contributed by atoms with Crippen LogP contribution in [0, 0.1) is 0 Å². The van der Waals surface area contributed by atoms with Gasteiger partial charge in [-0.2, -0.15) is 0 Å². The summed E-state index contributed by atoms with van der Waals surface area (Å²) in [4.78, 5) is 15.4. The van der Waals surface area contributed by atoms with Gasteiger partial charge in [0.25, 0.3) is 0 Å². The van der Waals surface area contributed by atoms with Crippen molar-refractivity contribution in [1.29, 1.82) is 0 Å². The number of nitrogens with zero attached hydrogens (tertiary/aromatic N) is 1. The van der Waals surface area contributed by atoms with Gasteiger partial charge in [0, 0.05) is 25.0 Å². The molecule has 1 heterocycles. The molecule has 0 saturated carbocycles. The lowest BCUT2D eigenvalue weighted by molar-refractivity contribution is 0.0526. The van der Waals surface area contributed by atoms with Gasteiger partial charge in [0.05, 0.1) is 0 Å². The zero-order valence-electron chi connectivity index (χ0n) is 11.8. The Labute approximate surface area is 114 Å². The molecule has 0 aliphatic heterocycles. The molecule has 0 aromatic carbocycles. The first-order valence-corrected chi connectivity index (χ1v) is 6.51. The summed E-state index contributed by atoms with van der Waals surface area (Å²) >= 11 is 0. The summed E-state index contributed by atoms with van der Waals surface area (Å²) in [5, 5.41) is 2.71. The molecule has 1 atom stereocenters. The third kappa shape index (κ3) is 6.76. The molecule has 1 aromatic rings. The largest absolute Gasteiger partial charge is 0.444 e. The van der Waals surface area contributed by atoms with Gasteiger partial charge in [-0.1, -0.05) is 6.07 Å². The summed E-state index contributed by atoms with van der Waals surface area (Å²) in [5.74, 6) is 0. The maximum atomic E-state index is 11.4. The van der Waals surface area contributed by atoms with E-state index in [0.29, 0.717) is 6.54 Å². The predicted molar refractivity (Wildman–Crippen MR) is 74.6 cm³/mol. The van der Waals surface area contributed by atoms with E-state index in [1.165, 1.54) is 0 Å². The molecule has 0 fully saturated rings. The van der Waals surface area contributed by atoms with E-state index in [2.05, 4.69) is 10.3 Å². The second-order valence-electron chi connectivity index (χ2n) is 5.46. The highest BCUT2D eigenvalue weighted by Crippen LogP contribution is 2.13. The number of pyridine rings is 1. The molecule has 0 aliphatic rings. The third-order valence-corrected chi connectivity index (χ3v) is 2.47. The van der Waals surface area contributed by atoms with Crippen molar-refractivity contribution in [3.05, 3.63) is 30.1 Å². The Hall–Kier alpha value is -1.62. The lowest BCUT2D eigenvalue weighted by Crippen LogP contribution is -2.33. The van der Waals surface area contributed by atoms with Gasteiger partial charge in [0.15, 0.2) is 0 Å². The van der Waals surface area contributed by atoms with Crippen LogP contribution in [0.1, 0.15) is 45.2 Å². The van der Waals surface area contributed by atoms with Crippen molar-refractivity contribution >= 4 is 6.09 Å². The van der Waals surface area contributed by atoms with E-state index in [1.807, 2.05) is 32.9 Å². The number of carbonyl (C=O) groups excluding carboxylic acids is 1. The molecular weight excluding hydrogens is 242 g/mol. The molecule has 106 valence electrons. The van der Waals surface area contributed by atoms with Gasteiger partial charge in [-0.15, -0.1) is 0 Å². The van der Waals surface area contributed by atoms with Crippen molar-refractivity contribution in [2.45, 2.75) is 45.3 Å². The number of alkyl carbamates (subject to hydrolysis) is 1. The first-order valence-electron chi connectivity index (χ1n) is 6.51. The molecule has 5 nitrogen and oxygen atoms in total. The van der Waals surface area contributed by atoms with Gasteiger partial charge in [0.1, 0.15) is 5.60 Å². The average molecular weight is 265 g/mol. The monoisotopic (exact) mass is 265 g/mol. The van der Waals surface area contributed by atoms with E-state index in [-0.39, 0.29) is 12.1 Å². The minimum Gasteiger partial charge on any atom is -0.444 e. The topological polar surface area (TPSA) is 77.2 Å². The highest BCUT2D eigenvalue weighted by molar-refractivity contribution is 5.67. The van der Waals surface area contributed by atoms with Crippen LogP contribution in [0.15, 0.2) is 24.5 Å². The van der Waals surface area contributed by atoms with Gasteiger partial charge in [0.2, 0.25) is 0 Å². The highest BCUT2D eigenvalue weighted by Gasteiger charge is 2.15. The van der Waals surface area contributed by atoms with Gasteiger partial charge in [-0.3, -0.25) is 4.98 Å². The normalized spacial score (nSPS) is 12.8. The standard InChI is InChI=1S/C14H23N3O2/c1-14(2,3)19-13(18)17-9-5-7-12(15)11-6-4-8-16-10-11/h4,6,8,10,12H,5,7,9,15H2,1-3H3,(H,17,18). The molecule has 3 N–H and O–H groups in total. The first kappa shape index (κ1) is 15.4. The molecular formula is C14H23N3O2. The van der Waals surface area contributed by atoms with Crippen molar-refractivity contribution in [1.82, 2.24) is 10.3 Å². The van der Waals surface area contributed by atoms with E-state index in [0.717, 1.165) is 18.4 Å². The van der Waals surface area contributed by atoms with Crippen LogP contribution in [0.5, 0.6) is 0 Å². The number of hydrogen-bond acceptors (Lipinski definition) is 4. The van der Waals surface area contributed by atoms with E-state index >= 15 is 0 Å². The lowest BCUT2D eigenvalue weighted by Gasteiger charge is -2.19. The molecule has 1 amide bonds. The van der Waals surface area contributed by atoms with E-state index < -0.39 is 5.60 Å². The summed E-state index contributed by atoms with van der Waals surface area (Å²) in [6, 6.07) is 3.78. The van der Waals surface area contributed by atoms with Crippen molar-refractivity contribution in [3.63, 3.8) is 0 Å². The van der Waals surface area contributed by atoms with E-state index in [1.54, 1.807) is 12.4 Å². The van der Waals surface area contributed by atoms with Crippen molar-refractivity contribution in [2.75, 3.05) is 6.54 Å². The van der Waals surface area contributed by atoms with Crippen LogP contribution in [0.2, 0.25) is 0 Å². The van der Waals surface area contributed by atoms with Gasteiger partial charge in [-0.05, 0) is 45.2 Å². The summed E-state index contributed by atoms with van der Waals surface area (Å²) in [5.41, 5.74) is 6.58. The summed E-state index contributed by atoms with van der Waals surface area (Å²) in [6.45, 7) is 6.07. The molecule has 0 spiro atoms. The number of amides is 1. The van der Waals surface area contributed by atoms with Gasteiger partial charge < -0.3 is 15.8 Å². The van der Waals surface area contributed by atoms with Crippen molar-refractivity contribution in [2.24, 2.45) is 5.73 Å². The fourth-order valence-corrected chi connectivity index (χ4v) is 1.59. The van der Waals surface area contributed by atoms with Gasteiger partial charge in [-0.25, -0.2) is 4.79 Å². The third-order valence-electron chi connectivity index (χ3n) is 2.47. The van der Waals surface area contributed by atoms with Crippen LogP contribution in [0.3, 0.4) is 0 Å². The van der Waals surface area contributed by atoms with Crippen LogP contribution in [0.25, 0.3) is 0 Å². The summed E-state index contributed by atoms with van der Waals surface area (Å²) < 4.78 is 5.14. The average Bonchev–Trinajstić information content (AvgIpc) is 2.33.